The van der Waals surface area contributed by atoms with E-state index in [1.165, 1.54) is 0 Å². The Morgan fingerprint density at radius 3 is 2.20 bits per heavy atom. The second-order valence-electron chi connectivity index (χ2n) is 6.48. The minimum Gasteiger partial charge on any atom is -0.332 e. The van der Waals surface area contributed by atoms with E-state index in [1.807, 2.05) is 42.9 Å². The highest BCUT2D eigenvalue weighted by atomic mass is 35.5. The molecule has 0 bridgehead atoms. The second kappa shape index (κ2) is 10.8. The molecule has 0 amide bonds. The van der Waals surface area contributed by atoms with Gasteiger partial charge in [0, 0.05) is 35.4 Å². The maximum atomic E-state index is 6.07. The highest BCUT2D eigenvalue weighted by Gasteiger charge is 2.25. The Hall–Kier alpha value is -2.89. The second-order valence-corrected chi connectivity index (χ2v) is 7.75. The molecule has 0 saturated heterocycles. The van der Waals surface area contributed by atoms with Gasteiger partial charge in [0.15, 0.2) is 0 Å². The molecule has 0 aliphatic heterocycles. The van der Waals surface area contributed by atoms with Gasteiger partial charge in [-0.25, -0.2) is 4.98 Å². The van der Waals surface area contributed by atoms with Crippen LogP contribution in [-0.2, 0) is 0 Å². The summed E-state index contributed by atoms with van der Waals surface area (Å²) in [6.45, 7) is 5.91. The van der Waals surface area contributed by atoms with Crippen LogP contribution < -0.4 is 4.90 Å². The van der Waals surface area contributed by atoms with Gasteiger partial charge in [0.25, 0.3) is 0 Å². The van der Waals surface area contributed by atoms with Gasteiger partial charge in [0.05, 0.1) is 17.9 Å². The highest BCUT2D eigenvalue weighted by Crippen LogP contribution is 2.36. The number of hydrogen-bond acceptors (Lipinski definition) is 5. The fraction of sp³-hybridized carbons (Fsp3) is 0.125. The Labute approximate surface area is 187 Å². The SMILES string of the molecule is C=C/C=C(\C=C(/C)N(c1ccc(Cl)nc1)C(c1cccnc1)c1cccnc1)SC. The summed E-state index contributed by atoms with van der Waals surface area (Å²) < 4.78 is 0. The van der Waals surface area contributed by atoms with E-state index in [-0.39, 0.29) is 6.04 Å². The van der Waals surface area contributed by atoms with Gasteiger partial charge in [-0.1, -0.05) is 36.4 Å². The summed E-state index contributed by atoms with van der Waals surface area (Å²) in [7, 11) is 0. The van der Waals surface area contributed by atoms with Crippen molar-refractivity contribution in [2.45, 2.75) is 13.0 Å². The first-order valence-electron chi connectivity index (χ1n) is 9.39. The fourth-order valence-electron chi connectivity index (χ4n) is 3.20. The minimum atomic E-state index is -0.140. The number of thioether (sulfide) groups is 1. The van der Waals surface area contributed by atoms with Crippen LogP contribution in [0.5, 0.6) is 0 Å². The third kappa shape index (κ3) is 5.38. The van der Waals surface area contributed by atoms with Crippen molar-refractivity contribution < 1.29 is 0 Å². The molecule has 3 aromatic rings. The molecule has 30 heavy (non-hydrogen) atoms. The lowest BCUT2D eigenvalue weighted by molar-refractivity contribution is 0.769. The highest BCUT2D eigenvalue weighted by molar-refractivity contribution is 8.02. The third-order valence-electron chi connectivity index (χ3n) is 4.50. The van der Waals surface area contributed by atoms with Crippen LogP contribution in [-0.4, -0.2) is 21.2 Å². The first kappa shape index (κ1) is 21.8. The Balaban J connectivity index is 2.22. The molecule has 3 heterocycles. The van der Waals surface area contributed by atoms with Crippen LogP contribution in [0.3, 0.4) is 0 Å². The molecular weight excluding hydrogens is 412 g/mol. The maximum Gasteiger partial charge on any atom is 0.129 e. The standard InChI is InChI=1S/C24H23ClN4S/c1-4-7-22(30-3)14-18(2)29(21-10-11-23(25)28-17-21)24(19-8-5-12-26-15-19)20-9-6-13-27-16-20/h4-17,24H,1H2,2-3H3/b18-14+,22-7+. The van der Waals surface area contributed by atoms with E-state index in [0.717, 1.165) is 27.4 Å². The molecule has 0 aromatic carbocycles. The van der Waals surface area contributed by atoms with Crippen LogP contribution in [0.15, 0.2) is 103 Å². The van der Waals surface area contributed by atoms with Gasteiger partial charge >= 0.3 is 0 Å². The van der Waals surface area contributed by atoms with E-state index in [2.05, 4.69) is 51.6 Å². The first-order valence-corrected chi connectivity index (χ1v) is 11.0. The summed E-state index contributed by atoms with van der Waals surface area (Å²) in [4.78, 5) is 16.4. The van der Waals surface area contributed by atoms with E-state index in [0.29, 0.717) is 5.15 Å². The molecule has 0 aliphatic carbocycles. The maximum absolute atomic E-state index is 6.07. The number of nitrogens with zero attached hydrogens (tertiary/aromatic N) is 4. The average molecular weight is 435 g/mol. The van der Waals surface area contributed by atoms with Crippen LogP contribution in [0.1, 0.15) is 24.1 Å². The first-order chi connectivity index (χ1) is 14.6. The summed E-state index contributed by atoms with van der Waals surface area (Å²) >= 11 is 7.74. The van der Waals surface area contributed by atoms with Crippen LogP contribution >= 0.6 is 23.4 Å². The quantitative estimate of drug-likeness (QED) is 0.300. The summed E-state index contributed by atoms with van der Waals surface area (Å²) in [5, 5.41) is 0.455. The number of halogens is 1. The van der Waals surface area contributed by atoms with E-state index >= 15 is 0 Å². The van der Waals surface area contributed by atoms with E-state index in [9.17, 15) is 0 Å². The monoisotopic (exact) mass is 434 g/mol. The number of aromatic nitrogens is 3. The molecule has 0 N–H and O–H groups in total. The average Bonchev–Trinajstić information content (AvgIpc) is 2.79. The van der Waals surface area contributed by atoms with E-state index < -0.39 is 0 Å². The molecule has 3 rings (SSSR count). The largest absolute Gasteiger partial charge is 0.332 e. The molecule has 3 aromatic heterocycles. The summed E-state index contributed by atoms with van der Waals surface area (Å²) in [6, 6.07) is 11.7. The zero-order valence-electron chi connectivity index (χ0n) is 16.9. The van der Waals surface area contributed by atoms with E-state index in [4.69, 9.17) is 11.6 Å². The topological polar surface area (TPSA) is 41.9 Å². The van der Waals surface area contributed by atoms with Crippen molar-refractivity contribution in [1.82, 2.24) is 15.0 Å². The van der Waals surface area contributed by atoms with Crippen molar-refractivity contribution in [3.63, 3.8) is 0 Å². The van der Waals surface area contributed by atoms with Crippen molar-refractivity contribution in [2.75, 3.05) is 11.2 Å². The zero-order chi connectivity index (χ0) is 21.3. The number of allylic oxidation sites excluding steroid dienone is 4. The number of rotatable bonds is 8. The smallest absolute Gasteiger partial charge is 0.129 e. The normalized spacial score (nSPS) is 12.1. The molecule has 0 saturated carbocycles. The number of hydrogen-bond donors (Lipinski definition) is 0. The molecule has 0 unspecified atom stereocenters. The molecule has 0 spiro atoms. The molecule has 0 aliphatic rings. The van der Waals surface area contributed by atoms with Crippen LogP contribution in [0, 0.1) is 0 Å². The van der Waals surface area contributed by atoms with Gasteiger partial charge in [-0.15, -0.1) is 11.8 Å². The lowest BCUT2D eigenvalue weighted by Crippen LogP contribution is -2.28. The molecule has 6 heteroatoms. The minimum absolute atomic E-state index is 0.140. The van der Waals surface area contributed by atoms with Gasteiger partial charge in [-0.2, -0.15) is 0 Å². The molecule has 0 fully saturated rings. The van der Waals surface area contributed by atoms with Gasteiger partial charge in [-0.3, -0.25) is 9.97 Å². The Morgan fingerprint density at radius 1 is 1.07 bits per heavy atom. The van der Waals surface area contributed by atoms with Crippen molar-refractivity contribution in [1.29, 1.82) is 0 Å². The van der Waals surface area contributed by atoms with Crippen molar-refractivity contribution >= 4 is 29.1 Å². The summed E-state index contributed by atoms with van der Waals surface area (Å²) in [5.41, 5.74) is 4.06. The molecular formula is C24H23ClN4S. The lowest BCUT2D eigenvalue weighted by Gasteiger charge is -2.34. The Bertz CT molecular complexity index is 979. The van der Waals surface area contributed by atoms with Crippen molar-refractivity contribution in [3.8, 4) is 0 Å². The molecule has 0 radical (unpaired) electrons. The molecule has 4 nitrogen and oxygen atoms in total. The van der Waals surface area contributed by atoms with Crippen LogP contribution in [0.4, 0.5) is 5.69 Å². The molecule has 152 valence electrons. The van der Waals surface area contributed by atoms with Crippen LogP contribution in [0.2, 0.25) is 5.15 Å². The summed E-state index contributed by atoms with van der Waals surface area (Å²) in [6.07, 6.45) is 17.1. The molecule has 0 atom stereocenters. The van der Waals surface area contributed by atoms with Gasteiger partial charge in [0.2, 0.25) is 0 Å². The van der Waals surface area contributed by atoms with Crippen molar-refractivity contribution in [2.24, 2.45) is 0 Å². The Morgan fingerprint density at radius 2 is 1.73 bits per heavy atom. The van der Waals surface area contributed by atoms with Gasteiger partial charge in [-0.05, 0) is 60.7 Å². The number of anilines is 1. The predicted molar refractivity (Wildman–Crippen MR) is 128 cm³/mol. The third-order valence-corrected chi connectivity index (χ3v) is 5.45. The van der Waals surface area contributed by atoms with Gasteiger partial charge in [0.1, 0.15) is 5.15 Å². The summed E-state index contributed by atoms with van der Waals surface area (Å²) in [5.74, 6) is 0. The predicted octanol–water partition coefficient (Wildman–Crippen LogP) is 6.46. The van der Waals surface area contributed by atoms with Crippen molar-refractivity contribution in [3.05, 3.63) is 119 Å². The fourth-order valence-corrected chi connectivity index (χ4v) is 3.83. The Kier molecular flexibility index (Phi) is 7.82. The lowest BCUT2D eigenvalue weighted by atomic mass is 9.98. The number of pyridine rings is 3. The van der Waals surface area contributed by atoms with Gasteiger partial charge < -0.3 is 4.90 Å². The van der Waals surface area contributed by atoms with Crippen LogP contribution in [0.25, 0.3) is 0 Å². The zero-order valence-corrected chi connectivity index (χ0v) is 18.5. The van der Waals surface area contributed by atoms with E-state index in [1.54, 1.807) is 42.5 Å².